The molecule has 10 heteroatoms. The quantitative estimate of drug-likeness (QED) is 0.144. The molecule has 1 amide bonds. The van der Waals surface area contributed by atoms with Crippen LogP contribution in [0.15, 0.2) is 83.9 Å². The van der Waals surface area contributed by atoms with Crippen LogP contribution in [0.3, 0.4) is 0 Å². The van der Waals surface area contributed by atoms with E-state index < -0.39 is 17.9 Å². The van der Waals surface area contributed by atoms with E-state index in [1.165, 1.54) is 4.90 Å². The standard InChI is InChI=1S/C29H21ClN2O5S2/c30-22-7-3-1-6-21(22)25(33)16-37-19-11-9-17(10-12-19)13-26-27(34)32(29(38)39-26)24(28(35)36)14-18-15-31-23-8-4-2-5-20(18)23/h1-13,15,24,31H,14,16H2,(H,35,36)/b26-13-/t24-/m0/s1. The van der Waals surface area contributed by atoms with Crippen molar-refractivity contribution in [3.8, 4) is 5.75 Å². The predicted molar refractivity (Wildman–Crippen MR) is 156 cm³/mol. The minimum atomic E-state index is -1.14. The number of nitrogens with zero attached hydrogens (tertiary/aromatic N) is 1. The Bertz CT molecular complexity index is 1630. The normalized spacial score (nSPS) is 15.2. The molecule has 4 aromatic rings. The summed E-state index contributed by atoms with van der Waals surface area (Å²) in [7, 11) is 0. The number of thioether (sulfide) groups is 1. The fourth-order valence-electron chi connectivity index (χ4n) is 4.27. The van der Waals surface area contributed by atoms with Crippen LogP contribution in [-0.2, 0) is 16.0 Å². The Morgan fingerprint density at radius 3 is 2.54 bits per heavy atom. The van der Waals surface area contributed by atoms with Gasteiger partial charge in [-0.1, -0.05) is 78.0 Å². The van der Waals surface area contributed by atoms with Crippen molar-refractivity contribution < 1.29 is 24.2 Å². The van der Waals surface area contributed by atoms with Crippen LogP contribution >= 0.6 is 35.6 Å². The molecule has 1 aliphatic heterocycles. The number of aliphatic carboxylic acids is 1. The first kappa shape index (κ1) is 26.7. The molecule has 1 fully saturated rings. The third-order valence-electron chi connectivity index (χ3n) is 6.23. The number of aromatic nitrogens is 1. The molecule has 1 saturated heterocycles. The highest BCUT2D eigenvalue weighted by Gasteiger charge is 2.40. The highest BCUT2D eigenvalue weighted by Crippen LogP contribution is 2.35. The van der Waals surface area contributed by atoms with Crippen molar-refractivity contribution in [1.29, 1.82) is 0 Å². The van der Waals surface area contributed by atoms with Crippen LogP contribution in [0.4, 0.5) is 0 Å². The van der Waals surface area contributed by atoms with Crippen LogP contribution < -0.4 is 4.74 Å². The van der Waals surface area contributed by atoms with Crippen molar-refractivity contribution in [2.75, 3.05) is 6.61 Å². The third-order valence-corrected chi connectivity index (χ3v) is 7.89. The van der Waals surface area contributed by atoms with Crippen molar-refractivity contribution in [2.24, 2.45) is 0 Å². The largest absolute Gasteiger partial charge is 0.485 e. The van der Waals surface area contributed by atoms with Crippen LogP contribution in [-0.4, -0.2) is 49.6 Å². The molecule has 2 heterocycles. The number of para-hydroxylation sites is 1. The Kier molecular flexibility index (Phi) is 7.83. The van der Waals surface area contributed by atoms with E-state index in [1.54, 1.807) is 60.8 Å². The maximum Gasteiger partial charge on any atom is 0.327 e. The second-order valence-corrected chi connectivity index (χ2v) is 10.8. The van der Waals surface area contributed by atoms with Crippen LogP contribution in [0.2, 0.25) is 5.02 Å². The number of Topliss-reactive ketones (excluding diaryl/α,β-unsaturated/α-hetero) is 1. The molecule has 0 spiro atoms. The summed E-state index contributed by atoms with van der Waals surface area (Å²) < 4.78 is 5.79. The van der Waals surface area contributed by atoms with Gasteiger partial charge in [0.05, 0.1) is 9.93 Å². The van der Waals surface area contributed by atoms with E-state index in [0.29, 0.717) is 26.8 Å². The lowest BCUT2D eigenvalue weighted by molar-refractivity contribution is -0.145. The van der Waals surface area contributed by atoms with E-state index in [4.69, 9.17) is 28.6 Å². The van der Waals surface area contributed by atoms with E-state index in [2.05, 4.69) is 4.98 Å². The van der Waals surface area contributed by atoms with Gasteiger partial charge in [0.2, 0.25) is 5.78 Å². The summed E-state index contributed by atoms with van der Waals surface area (Å²) in [5, 5.41) is 11.3. The number of halogens is 1. The average molecular weight is 577 g/mol. The molecule has 3 aromatic carbocycles. The number of carboxylic acids is 1. The molecule has 0 saturated carbocycles. The van der Waals surface area contributed by atoms with Gasteiger partial charge < -0.3 is 14.8 Å². The molecular formula is C29H21ClN2O5S2. The van der Waals surface area contributed by atoms with E-state index in [1.807, 2.05) is 24.3 Å². The van der Waals surface area contributed by atoms with Crippen LogP contribution in [0, 0.1) is 0 Å². The van der Waals surface area contributed by atoms with Crippen molar-refractivity contribution in [3.63, 3.8) is 0 Å². The zero-order chi connectivity index (χ0) is 27.5. The lowest BCUT2D eigenvalue weighted by Crippen LogP contribution is -2.45. The summed E-state index contributed by atoms with van der Waals surface area (Å²) in [5.74, 6) is -1.35. The summed E-state index contributed by atoms with van der Waals surface area (Å²) in [6, 6.07) is 20.1. The van der Waals surface area contributed by atoms with Crippen LogP contribution in [0.25, 0.3) is 17.0 Å². The number of carboxylic acid groups (broad SMARTS) is 1. The summed E-state index contributed by atoms with van der Waals surface area (Å²) in [6.45, 7) is -0.172. The minimum Gasteiger partial charge on any atom is -0.485 e. The minimum absolute atomic E-state index is 0.109. The van der Waals surface area contributed by atoms with Crippen molar-refractivity contribution >= 4 is 74.5 Å². The number of H-pyrrole nitrogens is 1. The second kappa shape index (κ2) is 11.4. The molecule has 39 heavy (non-hydrogen) atoms. The highest BCUT2D eigenvalue weighted by molar-refractivity contribution is 8.26. The molecule has 0 unspecified atom stereocenters. The first-order valence-corrected chi connectivity index (χ1v) is 13.5. The maximum absolute atomic E-state index is 13.3. The summed E-state index contributed by atoms with van der Waals surface area (Å²) in [4.78, 5) is 42.5. The van der Waals surface area contributed by atoms with Crippen molar-refractivity contribution in [3.05, 3.63) is 106 Å². The molecule has 1 atom stereocenters. The summed E-state index contributed by atoms with van der Waals surface area (Å²) in [6.07, 6.45) is 3.53. The summed E-state index contributed by atoms with van der Waals surface area (Å²) in [5.41, 5.74) is 2.77. The number of carbonyl (C=O) groups excluding carboxylic acids is 2. The number of fused-ring (bicyclic) bond motifs is 1. The van der Waals surface area contributed by atoms with Gasteiger partial charge in [0.15, 0.2) is 6.61 Å². The first-order valence-electron chi connectivity index (χ1n) is 11.9. The number of benzene rings is 3. The lowest BCUT2D eigenvalue weighted by Gasteiger charge is -2.23. The number of nitrogens with one attached hydrogen (secondary N) is 1. The topological polar surface area (TPSA) is 99.7 Å². The van der Waals surface area contributed by atoms with Gasteiger partial charge in [-0.25, -0.2) is 4.79 Å². The Balaban J connectivity index is 1.27. The highest BCUT2D eigenvalue weighted by atomic mass is 35.5. The van der Waals surface area contributed by atoms with Gasteiger partial charge in [0.1, 0.15) is 16.1 Å². The molecule has 7 nitrogen and oxygen atoms in total. The van der Waals surface area contributed by atoms with Crippen LogP contribution in [0.5, 0.6) is 5.75 Å². The zero-order valence-electron chi connectivity index (χ0n) is 20.3. The van der Waals surface area contributed by atoms with Gasteiger partial charge in [-0.05, 0) is 47.5 Å². The number of ether oxygens (including phenoxy) is 1. The molecule has 1 aromatic heterocycles. The number of thiocarbonyl (C=S) groups is 1. The van der Waals surface area contributed by atoms with Gasteiger partial charge in [0.25, 0.3) is 5.91 Å². The number of carbonyl (C=O) groups is 3. The maximum atomic E-state index is 13.3. The van der Waals surface area contributed by atoms with Crippen LogP contribution in [0.1, 0.15) is 21.5 Å². The number of amides is 1. The number of ketones is 1. The monoisotopic (exact) mass is 576 g/mol. The first-order chi connectivity index (χ1) is 18.8. The number of aromatic amines is 1. The number of rotatable bonds is 9. The van der Waals surface area contributed by atoms with E-state index in [9.17, 15) is 19.5 Å². The Morgan fingerprint density at radius 2 is 1.79 bits per heavy atom. The zero-order valence-corrected chi connectivity index (χ0v) is 22.7. The predicted octanol–water partition coefficient (Wildman–Crippen LogP) is 5.98. The molecule has 5 rings (SSSR count). The SMILES string of the molecule is O=C(COc1ccc(/C=C2\SC(=S)N([C@@H](Cc3c[nH]c4ccccc34)C(=O)O)C2=O)cc1)c1ccccc1Cl. The molecule has 0 radical (unpaired) electrons. The van der Waals surface area contributed by atoms with Crippen molar-refractivity contribution in [1.82, 2.24) is 9.88 Å². The Morgan fingerprint density at radius 1 is 1.08 bits per heavy atom. The fourth-order valence-corrected chi connectivity index (χ4v) is 5.87. The van der Waals surface area contributed by atoms with Gasteiger partial charge in [0, 0.05) is 29.1 Å². The summed E-state index contributed by atoms with van der Waals surface area (Å²) >= 11 is 12.6. The van der Waals surface area contributed by atoms with E-state index >= 15 is 0 Å². The number of hydrogen-bond acceptors (Lipinski definition) is 6. The van der Waals surface area contributed by atoms with E-state index in [-0.39, 0.29) is 23.1 Å². The lowest BCUT2D eigenvalue weighted by atomic mass is 10.0. The van der Waals surface area contributed by atoms with E-state index in [0.717, 1.165) is 28.2 Å². The Hall–Kier alpha value is -3.92. The van der Waals surface area contributed by atoms with Gasteiger partial charge in [-0.3, -0.25) is 14.5 Å². The van der Waals surface area contributed by atoms with Gasteiger partial charge in [-0.2, -0.15) is 0 Å². The van der Waals surface area contributed by atoms with Gasteiger partial charge in [-0.15, -0.1) is 0 Å². The number of hydrogen-bond donors (Lipinski definition) is 2. The fraction of sp³-hybridized carbons (Fsp3) is 0.103. The molecule has 196 valence electrons. The Labute approximate surface area is 238 Å². The molecular weight excluding hydrogens is 556 g/mol. The molecule has 1 aliphatic rings. The van der Waals surface area contributed by atoms with Gasteiger partial charge >= 0.3 is 5.97 Å². The van der Waals surface area contributed by atoms with Crippen molar-refractivity contribution in [2.45, 2.75) is 12.5 Å². The smallest absolute Gasteiger partial charge is 0.327 e. The second-order valence-electron chi connectivity index (χ2n) is 8.73. The average Bonchev–Trinajstić information content (AvgIpc) is 3.46. The molecule has 2 N–H and O–H groups in total. The molecule has 0 aliphatic carbocycles. The third kappa shape index (κ3) is 5.75. The molecule has 0 bridgehead atoms.